The molecule has 15 heavy (non-hydrogen) atoms. The SMILES string of the molecule is C[C@H](Nc1nc2ccccc2o1)C(=O)O. The quantitative estimate of drug-likeness (QED) is 0.799. The summed E-state index contributed by atoms with van der Waals surface area (Å²) in [6.45, 7) is 1.52. The van der Waals surface area contributed by atoms with Crippen molar-refractivity contribution < 1.29 is 14.3 Å². The molecule has 0 unspecified atom stereocenters. The second kappa shape index (κ2) is 3.61. The van der Waals surface area contributed by atoms with Gasteiger partial charge in [0.25, 0.3) is 6.01 Å². The highest BCUT2D eigenvalue weighted by atomic mass is 16.4. The van der Waals surface area contributed by atoms with Crippen LogP contribution in [0.15, 0.2) is 28.7 Å². The summed E-state index contributed by atoms with van der Waals surface area (Å²) in [5.74, 6) is -0.947. The Balaban J connectivity index is 2.26. The topological polar surface area (TPSA) is 75.4 Å². The summed E-state index contributed by atoms with van der Waals surface area (Å²) in [5, 5.41) is 11.3. The molecule has 2 rings (SSSR count). The Hall–Kier alpha value is -2.04. The molecule has 2 N–H and O–H groups in total. The van der Waals surface area contributed by atoms with E-state index < -0.39 is 12.0 Å². The van der Waals surface area contributed by atoms with Gasteiger partial charge in [0, 0.05) is 0 Å². The number of nitrogens with zero attached hydrogens (tertiary/aromatic N) is 1. The van der Waals surface area contributed by atoms with Crippen LogP contribution in [0.4, 0.5) is 6.01 Å². The maximum absolute atomic E-state index is 10.6. The van der Waals surface area contributed by atoms with Crippen molar-refractivity contribution in [3.63, 3.8) is 0 Å². The zero-order valence-electron chi connectivity index (χ0n) is 8.10. The molecule has 0 radical (unpaired) electrons. The van der Waals surface area contributed by atoms with E-state index in [2.05, 4.69) is 10.3 Å². The molecule has 1 aromatic heterocycles. The highest BCUT2D eigenvalue weighted by molar-refractivity contribution is 5.78. The number of carbonyl (C=O) groups is 1. The van der Waals surface area contributed by atoms with Crippen molar-refractivity contribution in [3.05, 3.63) is 24.3 Å². The van der Waals surface area contributed by atoms with Crippen LogP contribution in [0.25, 0.3) is 11.1 Å². The van der Waals surface area contributed by atoms with Crippen LogP contribution in [-0.2, 0) is 4.79 Å². The van der Waals surface area contributed by atoms with Crippen molar-refractivity contribution in [3.8, 4) is 0 Å². The first-order valence-corrected chi connectivity index (χ1v) is 4.52. The van der Waals surface area contributed by atoms with E-state index in [1.165, 1.54) is 6.92 Å². The highest BCUT2D eigenvalue weighted by Gasteiger charge is 2.13. The number of fused-ring (bicyclic) bond motifs is 1. The van der Waals surface area contributed by atoms with Gasteiger partial charge < -0.3 is 14.8 Å². The molecule has 0 amide bonds. The van der Waals surface area contributed by atoms with Crippen LogP contribution >= 0.6 is 0 Å². The van der Waals surface area contributed by atoms with Gasteiger partial charge in [-0.3, -0.25) is 4.79 Å². The molecule has 5 heteroatoms. The van der Waals surface area contributed by atoms with Gasteiger partial charge in [0.15, 0.2) is 5.58 Å². The first-order valence-electron chi connectivity index (χ1n) is 4.52. The summed E-state index contributed by atoms with van der Waals surface area (Å²) < 4.78 is 5.30. The molecule has 0 aliphatic rings. The van der Waals surface area contributed by atoms with Crippen LogP contribution in [0.2, 0.25) is 0 Å². The summed E-state index contributed by atoms with van der Waals surface area (Å²) in [7, 11) is 0. The summed E-state index contributed by atoms with van der Waals surface area (Å²) in [5.41, 5.74) is 1.34. The molecule has 2 aromatic rings. The highest BCUT2D eigenvalue weighted by Crippen LogP contribution is 2.18. The maximum Gasteiger partial charge on any atom is 0.325 e. The van der Waals surface area contributed by atoms with Gasteiger partial charge in [-0.05, 0) is 19.1 Å². The molecule has 0 aliphatic carbocycles. The number of carboxylic acids is 1. The summed E-state index contributed by atoms with van der Waals surface area (Å²) in [4.78, 5) is 14.7. The van der Waals surface area contributed by atoms with Crippen LogP contribution in [-0.4, -0.2) is 22.1 Å². The number of aromatic nitrogens is 1. The van der Waals surface area contributed by atoms with E-state index in [1.54, 1.807) is 12.1 Å². The standard InChI is InChI=1S/C10H10N2O3/c1-6(9(13)14)11-10-12-7-4-2-3-5-8(7)15-10/h2-6H,1H3,(H,11,12)(H,13,14)/t6-/m0/s1. The van der Waals surface area contributed by atoms with Gasteiger partial charge in [-0.2, -0.15) is 4.98 Å². The number of oxazole rings is 1. The van der Waals surface area contributed by atoms with Gasteiger partial charge in [0.1, 0.15) is 11.6 Å². The Morgan fingerprint density at radius 3 is 2.93 bits per heavy atom. The number of hydrogen-bond donors (Lipinski definition) is 2. The van der Waals surface area contributed by atoms with Gasteiger partial charge in [-0.1, -0.05) is 12.1 Å². The number of aliphatic carboxylic acids is 1. The predicted molar refractivity (Wildman–Crippen MR) is 54.7 cm³/mol. The molecule has 1 heterocycles. The van der Waals surface area contributed by atoms with E-state index in [9.17, 15) is 4.79 Å². The normalized spacial score (nSPS) is 12.6. The minimum atomic E-state index is -0.947. The minimum absolute atomic E-state index is 0.228. The molecule has 0 fully saturated rings. The third-order valence-electron chi connectivity index (χ3n) is 2.00. The lowest BCUT2D eigenvalue weighted by Gasteiger charge is -2.04. The molecule has 0 bridgehead atoms. The second-order valence-electron chi connectivity index (χ2n) is 3.19. The van der Waals surface area contributed by atoms with Crippen LogP contribution < -0.4 is 5.32 Å². The third kappa shape index (κ3) is 1.90. The van der Waals surface area contributed by atoms with Gasteiger partial charge in [-0.15, -0.1) is 0 Å². The largest absolute Gasteiger partial charge is 0.480 e. The molecule has 0 aliphatic heterocycles. The lowest BCUT2D eigenvalue weighted by atomic mass is 10.3. The zero-order chi connectivity index (χ0) is 10.8. The number of hydrogen-bond acceptors (Lipinski definition) is 4. The number of para-hydroxylation sites is 2. The Labute approximate surface area is 85.7 Å². The Morgan fingerprint density at radius 1 is 1.53 bits per heavy atom. The maximum atomic E-state index is 10.6. The lowest BCUT2D eigenvalue weighted by molar-refractivity contribution is -0.137. The van der Waals surface area contributed by atoms with Crippen molar-refractivity contribution in [2.45, 2.75) is 13.0 Å². The van der Waals surface area contributed by atoms with E-state index in [1.807, 2.05) is 12.1 Å². The average Bonchev–Trinajstić information content (AvgIpc) is 2.59. The molecule has 1 aromatic carbocycles. The first kappa shape index (κ1) is 9.51. The predicted octanol–water partition coefficient (Wildman–Crippen LogP) is 1.71. The monoisotopic (exact) mass is 206 g/mol. The second-order valence-corrected chi connectivity index (χ2v) is 3.19. The smallest absolute Gasteiger partial charge is 0.325 e. The van der Waals surface area contributed by atoms with Crippen molar-refractivity contribution in [2.75, 3.05) is 5.32 Å². The number of nitrogens with one attached hydrogen (secondary N) is 1. The fraction of sp³-hybridized carbons (Fsp3) is 0.200. The molecule has 0 saturated heterocycles. The van der Waals surface area contributed by atoms with E-state index >= 15 is 0 Å². The zero-order valence-corrected chi connectivity index (χ0v) is 8.10. The van der Waals surface area contributed by atoms with Gasteiger partial charge >= 0.3 is 5.97 Å². The molecule has 78 valence electrons. The number of anilines is 1. The molecule has 0 saturated carbocycles. The Morgan fingerprint density at radius 2 is 2.27 bits per heavy atom. The fourth-order valence-corrected chi connectivity index (χ4v) is 1.18. The molecule has 5 nitrogen and oxygen atoms in total. The van der Waals surface area contributed by atoms with Gasteiger partial charge in [0.05, 0.1) is 0 Å². The van der Waals surface area contributed by atoms with Crippen LogP contribution in [0.1, 0.15) is 6.92 Å². The van der Waals surface area contributed by atoms with Crippen LogP contribution in [0.3, 0.4) is 0 Å². The Kier molecular flexibility index (Phi) is 2.29. The van der Waals surface area contributed by atoms with Gasteiger partial charge in [-0.25, -0.2) is 0 Å². The first-order chi connectivity index (χ1) is 7.16. The van der Waals surface area contributed by atoms with E-state index in [0.29, 0.717) is 11.1 Å². The van der Waals surface area contributed by atoms with E-state index in [4.69, 9.17) is 9.52 Å². The summed E-state index contributed by atoms with van der Waals surface area (Å²) >= 11 is 0. The molecular formula is C10H10N2O3. The van der Waals surface area contributed by atoms with Crippen LogP contribution in [0, 0.1) is 0 Å². The minimum Gasteiger partial charge on any atom is -0.480 e. The third-order valence-corrected chi connectivity index (χ3v) is 2.00. The molecule has 1 atom stereocenters. The van der Waals surface area contributed by atoms with E-state index in [-0.39, 0.29) is 6.01 Å². The van der Waals surface area contributed by atoms with Crippen molar-refractivity contribution >= 4 is 23.1 Å². The molecular weight excluding hydrogens is 196 g/mol. The lowest BCUT2D eigenvalue weighted by Crippen LogP contribution is -2.25. The van der Waals surface area contributed by atoms with Crippen molar-refractivity contribution in [2.24, 2.45) is 0 Å². The number of carboxylic acid groups (broad SMARTS) is 1. The fourth-order valence-electron chi connectivity index (χ4n) is 1.18. The molecule has 0 spiro atoms. The van der Waals surface area contributed by atoms with Crippen molar-refractivity contribution in [1.82, 2.24) is 4.98 Å². The van der Waals surface area contributed by atoms with Crippen LogP contribution in [0.5, 0.6) is 0 Å². The van der Waals surface area contributed by atoms with E-state index in [0.717, 1.165) is 0 Å². The van der Waals surface area contributed by atoms with Crippen molar-refractivity contribution in [1.29, 1.82) is 0 Å². The summed E-state index contributed by atoms with van der Waals surface area (Å²) in [6.07, 6.45) is 0. The number of benzene rings is 1. The summed E-state index contributed by atoms with van der Waals surface area (Å²) in [6, 6.07) is 6.76. The van der Waals surface area contributed by atoms with Gasteiger partial charge in [0.2, 0.25) is 0 Å². The number of rotatable bonds is 3. The average molecular weight is 206 g/mol. The Bertz CT molecular complexity index is 459.